The predicted molar refractivity (Wildman–Crippen MR) is 217 cm³/mol. The van der Waals surface area contributed by atoms with Gasteiger partial charge in [-0.2, -0.15) is 0 Å². The molecule has 3 heterocycles. The molecule has 9 rings (SSSR count). The second-order valence-corrected chi connectivity index (χ2v) is 13.7. The Morgan fingerprint density at radius 3 is 1.96 bits per heavy atom. The van der Waals surface area contributed by atoms with Crippen molar-refractivity contribution in [1.82, 2.24) is 9.97 Å². The van der Waals surface area contributed by atoms with Crippen LogP contribution in [0, 0.1) is 0 Å². The molecule has 0 saturated carbocycles. The first-order chi connectivity index (χ1) is 25.2. The molecule has 1 aliphatic heterocycles. The number of allylic oxidation sites excluding steroid dienone is 4. The summed E-state index contributed by atoms with van der Waals surface area (Å²) >= 11 is 1.86. The van der Waals surface area contributed by atoms with Gasteiger partial charge < -0.3 is 4.90 Å². The van der Waals surface area contributed by atoms with Gasteiger partial charge in [0.1, 0.15) is 0 Å². The summed E-state index contributed by atoms with van der Waals surface area (Å²) in [5, 5.41) is 2.61. The Balaban J connectivity index is 1.14. The van der Waals surface area contributed by atoms with E-state index in [9.17, 15) is 0 Å². The molecule has 0 N–H and O–H groups in total. The number of anilines is 2. The highest BCUT2D eigenvalue weighted by Crippen LogP contribution is 2.43. The van der Waals surface area contributed by atoms with Gasteiger partial charge in [-0.15, -0.1) is 11.3 Å². The number of benzene rings is 6. The van der Waals surface area contributed by atoms with Crippen LogP contribution in [0.25, 0.3) is 70.8 Å². The van der Waals surface area contributed by atoms with E-state index >= 15 is 0 Å². The normalized spacial score (nSPS) is 14.1. The summed E-state index contributed by atoms with van der Waals surface area (Å²) in [6.07, 6.45) is 8.47. The van der Waals surface area contributed by atoms with Gasteiger partial charge in [-0.3, -0.25) is 0 Å². The van der Waals surface area contributed by atoms with Gasteiger partial charge in [-0.25, -0.2) is 9.97 Å². The standard InChI is InChI=1S/C47H33N3S/c1-32-14-5-4-12-29-50(44-30-36(25-28-38(32)44)39-20-13-21-41-40-19-10-11-22-45(40)51-46(39)41)37-26-23-35(24-27-37)47-48-42(33-15-6-2-7-16-33)31-43(49-47)34-17-8-3-9-18-34/h2-28,30-31H,1,29H2/b12-4-,14-5-. The highest BCUT2D eigenvalue weighted by Gasteiger charge is 2.19. The third-order valence-corrected chi connectivity index (χ3v) is 10.7. The van der Waals surface area contributed by atoms with Crippen LogP contribution in [0.15, 0.2) is 183 Å². The zero-order chi connectivity index (χ0) is 34.1. The molecule has 1 aliphatic rings. The summed E-state index contributed by atoms with van der Waals surface area (Å²) in [4.78, 5) is 12.5. The first-order valence-electron chi connectivity index (χ1n) is 17.1. The van der Waals surface area contributed by atoms with Gasteiger partial charge in [0.2, 0.25) is 0 Å². The van der Waals surface area contributed by atoms with Crippen LogP contribution >= 0.6 is 11.3 Å². The zero-order valence-electron chi connectivity index (χ0n) is 27.9. The van der Waals surface area contributed by atoms with Gasteiger partial charge in [0, 0.05) is 60.3 Å². The second kappa shape index (κ2) is 13.2. The molecule has 0 atom stereocenters. The van der Waals surface area contributed by atoms with Crippen LogP contribution in [0.3, 0.4) is 0 Å². The predicted octanol–water partition coefficient (Wildman–Crippen LogP) is 12.8. The minimum Gasteiger partial charge on any atom is -0.337 e. The Labute approximate surface area is 301 Å². The molecule has 0 aliphatic carbocycles. The molecule has 2 aromatic heterocycles. The quantitative estimate of drug-likeness (QED) is 0.182. The number of hydrogen-bond donors (Lipinski definition) is 0. The zero-order valence-corrected chi connectivity index (χ0v) is 28.7. The molecule has 0 spiro atoms. The highest BCUT2D eigenvalue weighted by atomic mass is 32.1. The molecule has 0 amide bonds. The first kappa shape index (κ1) is 30.7. The summed E-state index contributed by atoms with van der Waals surface area (Å²) in [5.74, 6) is 0.697. The fraction of sp³-hybridized carbons (Fsp3) is 0.0213. The lowest BCUT2D eigenvalue weighted by Gasteiger charge is -2.27. The van der Waals surface area contributed by atoms with E-state index in [1.165, 1.54) is 31.3 Å². The van der Waals surface area contributed by atoms with Crippen molar-refractivity contribution in [2.75, 3.05) is 11.4 Å². The third kappa shape index (κ3) is 5.86. The monoisotopic (exact) mass is 671 g/mol. The van der Waals surface area contributed by atoms with E-state index in [1.54, 1.807) is 0 Å². The molecule has 242 valence electrons. The third-order valence-electron chi connectivity index (χ3n) is 9.48. The average Bonchev–Trinajstić information content (AvgIpc) is 3.61. The Bertz CT molecular complexity index is 2560. The van der Waals surface area contributed by atoms with E-state index < -0.39 is 0 Å². The number of thiophene rings is 1. The molecule has 0 saturated heterocycles. The molecule has 0 bridgehead atoms. The van der Waals surface area contributed by atoms with Crippen LogP contribution < -0.4 is 4.90 Å². The minimum absolute atomic E-state index is 0.697. The number of aromatic nitrogens is 2. The van der Waals surface area contributed by atoms with E-state index in [-0.39, 0.29) is 0 Å². The van der Waals surface area contributed by atoms with Crippen LogP contribution in [0.5, 0.6) is 0 Å². The lowest BCUT2D eigenvalue weighted by Crippen LogP contribution is -2.18. The van der Waals surface area contributed by atoms with Crippen LogP contribution in [-0.4, -0.2) is 16.5 Å². The maximum atomic E-state index is 5.06. The minimum atomic E-state index is 0.697. The first-order valence-corrected chi connectivity index (χ1v) is 18.0. The molecule has 0 fully saturated rings. The number of nitrogens with zero attached hydrogens (tertiary/aromatic N) is 3. The molecule has 0 radical (unpaired) electrons. The van der Waals surface area contributed by atoms with Gasteiger partial charge in [0.15, 0.2) is 5.82 Å². The molecule has 3 nitrogen and oxygen atoms in total. The fourth-order valence-corrected chi connectivity index (χ4v) is 8.14. The van der Waals surface area contributed by atoms with Crippen LogP contribution in [0.1, 0.15) is 5.56 Å². The smallest absolute Gasteiger partial charge is 0.160 e. The van der Waals surface area contributed by atoms with Crippen molar-refractivity contribution in [3.63, 3.8) is 0 Å². The van der Waals surface area contributed by atoms with Crippen molar-refractivity contribution in [2.45, 2.75) is 0 Å². The SMILES string of the molecule is C=C1/C=C\C=C/CN(c2ccc(-c3nc(-c4ccccc4)cc(-c4ccccc4)n3)cc2)c2cc(-c3cccc4c3sc3ccccc34)ccc21. The Morgan fingerprint density at radius 2 is 1.22 bits per heavy atom. The lowest BCUT2D eigenvalue weighted by atomic mass is 9.96. The average molecular weight is 672 g/mol. The fourth-order valence-electron chi connectivity index (χ4n) is 6.90. The molecular formula is C47H33N3S. The molecule has 4 heteroatoms. The second-order valence-electron chi connectivity index (χ2n) is 12.7. The van der Waals surface area contributed by atoms with E-state index in [4.69, 9.17) is 9.97 Å². The number of rotatable bonds is 5. The summed E-state index contributed by atoms with van der Waals surface area (Å²) in [6.45, 7) is 5.17. The van der Waals surface area contributed by atoms with Crippen molar-refractivity contribution in [3.05, 3.63) is 188 Å². The van der Waals surface area contributed by atoms with Gasteiger partial charge >= 0.3 is 0 Å². The van der Waals surface area contributed by atoms with Crippen molar-refractivity contribution >= 4 is 48.5 Å². The summed E-state index contributed by atoms with van der Waals surface area (Å²) in [6, 6.07) is 53.5. The van der Waals surface area contributed by atoms with E-state index in [0.29, 0.717) is 12.4 Å². The van der Waals surface area contributed by atoms with Gasteiger partial charge in [-0.1, -0.05) is 140 Å². The number of hydrogen-bond acceptors (Lipinski definition) is 4. The van der Waals surface area contributed by atoms with E-state index in [0.717, 1.165) is 50.6 Å². The molecule has 6 aromatic carbocycles. The molecular weight excluding hydrogens is 639 g/mol. The summed E-state index contributed by atoms with van der Waals surface area (Å²) in [5.41, 5.74) is 11.6. The maximum Gasteiger partial charge on any atom is 0.160 e. The lowest BCUT2D eigenvalue weighted by molar-refractivity contribution is 1.09. The largest absolute Gasteiger partial charge is 0.337 e. The van der Waals surface area contributed by atoms with Gasteiger partial charge in [-0.05, 0) is 59.2 Å². The number of fused-ring (bicyclic) bond motifs is 4. The van der Waals surface area contributed by atoms with Crippen molar-refractivity contribution in [2.24, 2.45) is 0 Å². The van der Waals surface area contributed by atoms with Gasteiger partial charge in [0.25, 0.3) is 0 Å². The summed E-state index contributed by atoms with van der Waals surface area (Å²) in [7, 11) is 0. The molecule has 8 aromatic rings. The van der Waals surface area contributed by atoms with Crippen LogP contribution in [0.4, 0.5) is 11.4 Å². The summed E-state index contributed by atoms with van der Waals surface area (Å²) < 4.78 is 2.62. The van der Waals surface area contributed by atoms with Gasteiger partial charge in [0.05, 0.1) is 11.4 Å². The molecule has 0 unspecified atom stereocenters. The van der Waals surface area contributed by atoms with Crippen molar-refractivity contribution in [1.29, 1.82) is 0 Å². The Kier molecular flexibility index (Phi) is 7.92. The topological polar surface area (TPSA) is 29.0 Å². The molecule has 51 heavy (non-hydrogen) atoms. The van der Waals surface area contributed by atoms with Crippen molar-refractivity contribution in [3.8, 4) is 45.0 Å². The maximum absolute atomic E-state index is 5.06. The van der Waals surface area contributed by atoms with Crippen LogP contribution in [-0.2, 0) is 0 Å². The van der Waals surface area contributed by atoms with Crippen molar-refractivity contribution < 1.29 is 0 Å². The Morgan fingerprint density at radius 1 is 0.549 bits per heavy atom. The van der Waals surface area contributed by atoms with Crippen LogP contribution in [0.2, 0.25) is 0 Å². The van der Waals surface area contributed by atoms with E-state index in [1.807, 2.05) is 47.7 Å². The Hall–Kier alpha value is -6.36. The van der Waals surface area contributed by atoms with E-state index in [2.05, 4.69) is 151 Å². The highest BCUT2D eigenvalue weighted by molar-refractivity contribution is 7.26.